The average Bonchev–Trinajstić information content (AvgIpc) is 2.09. The minimum atomic E-state index is -3.09. The molecule has 1 N–H and O–H groups in total. The van der Waals surface area contributed by atoms with E-state index in [1.54, 1.807) is 24.3 Å². The second-order valence-corrected chi connectivity index (χ2v) is 3.98. The van der Waals surface area contributed by atoms with Crippen molar-refractivity contribution in [2.45, 2.75) is 17.1 Å². The van der Waals surface area contributed by atoms with E-state index in [0.717, 1.165) is 5.56 Å². The molecular weight excluding hydrogens is 194 g/mol. The van der Waals surface area contributed by atoms with E-state index in [0.29, 0.717) is 16.7 Å². The normalized spacial score (nSPS) is 11.7. The van der Waals surface area contributed by atoms with Crippen molar-refractivity contribution >= 4 is 11.8 Å². The van der Waals surface area contributed by atoms with Crippen molar-refractivity contribution in [1.29, 1.82) is 0 Å². The summed E-state index contributed by atoms with van der Waals surface area (Å²) in [5.41, 5.74) is 1.02. The first-order valence-electron chi connectivity index (χ1n) is 3.78. The van der Waals surface area contributed by atoms with Crippen LogP contribution in [0, 0.1) is 6.92 Å². The number of aliphatic hydroxyl groups is 1. The van der Waals surface area contributed by atoms with Gasteiger partial charge in [0.25, 0.3) is 0 Å². The SMILES string of the molecule is Cc1ccc(SC(F)(F)CO)cc1. The molecule has 0 aliphatic carbocycles. The van der Waals surface area contributed by atoms with Gasteiger partial charge in [-0.15, -0.1) is 0 Å². The molecule has 0 aliphatic rings. The fourth-order valence-corrected chi connectivity index (χ4v) is 1.49. The van der Waals surface area contributed by atoms with Crippen molar-refractivity contribution in [3.8, 4) is 0 Å². The van der Waals surface area contributed by atoms with Crippen molar-refractivity contribution in [3.05, 3.63) is 29.8 Å². The highest BCUT2D eigenvalue weighted by Gasteiger charge is 2.28. The lowest BCUT2D eigenvalue weighted by molar-refractivity contribution is 0.0362. The molecule has 1 rings (SSSR count). The van der Waals surface area contributed by atoms with E-state index in [-0.39, 0.29) is 0 Å². The van der Waals surface area contributed by atoms with Crippen molar-refractivity contribution in [1.82, 2.24) is 0 Å². The number of halogens is 2. The second kappa shape index (κ2) is 4.07. The summed E-state index contributed by atoms with van der Waals surface area (Å²) in [6.07, 6.45) is 0. The Balaban J connectivity index is 2.69. The molecule has 0 unspecified atom stereocenters. The zero-order chi connectivity index (χ0) is 9.90. The lowest BCUT2D eigenvalue weighted by Gasteiger charge is -2.11. The Labute approximate surface area is 79.8 Å². The summed E-state index contributed by atoms with van der Waals surface area (Å²) in [7, 11) is 0. The Bertz CT molecular complexity index is 271. The molecule has 1 aromatic carbocycles. The van der Waals surface area contributed by atoms with Crippen LogP contribution < -0.4 is 0 Å². The lowest BCUT2D eigenvalue weighted by Crippen LogP contribution is -2.15. The van der Waals surface area contributed by atoms with Crippen LogP contribution in [0.15, 0.2) is 29.2 Å². The van der Waals surface area contributed by atoms with Gasteiger partial charge in [0.1, 0.15) is 6.61 Å². The van der Waals surface area contributed by atoms with Crippen LogP contribution >= 0.6 is 11.8 Å². The Kier molecular flexibility index (Phi) is 3.27. The van der Waals surface area contributed by atoms with Gasteiger partial charge in [0.05, 0.1) is 0 Å². The fourth-order valence-electron chi connectivity index (χ4n) is 0.811. The van der Waals surface area contributed by atoms with Gasteiger partial charge in [-0.25, -0.2) is 0 Å². The zero-order valence-corrected chi connectivity index (χ0v) is 7.94. The van der Waals surface area contributed by atoms with E-state index in [2.05, 4.69) is 0 Å². The molecular formula is C9H10F2OS. The van der Waals surface area contributed by atoms with Crippen LogP contribution in [-0.2, 0) is 0 Å². The van der Waals surface area contributed by atoms with E-state index in [9.17, 15) is 8.78 Å². The predicted molar refractivity (Wildman–Crippen MR) is 49.1 cm³/mol. The Hall–Kier alpha value is -0.610. The van der Waals surface area contributed by atoms with Gasteiger partial charge in [0.15, 0.2) is 0 Å². The summed E-state index contributed by atoms with van der Waals surface area (Å²) in [6.45, 7) is 0.754. The van der Waals surface area contributed by atoms with Crippen LogP contribution in [0.5, 0.6) is 0 Å². The number of benzene rings is 1. The number of alkyl halides is 2. The summed E-state index contributed by atoms with van der Waals surface area (Å²) < 4.78 is 25.3. The standard InChI is InChI=1S/C9H10F2OS/c1-7-2-4-8(5-3-7)13-9(10,11)6-12/h2-5,12H,6H2,1H3. The summed E-state index contributed by atoms with van der Waals surface area (Å²) in [6, 6.07) is 6.75. The molecule has 4 heteroatoms. The Morgan fingerprint density at radius 1 is 1.31 bits per heavy atom. The molecule has 0 bridgehead atoms. The maximum Gasteiger partial charge on any atom is 0.320 e. The molecule has 0 fully saturated rings. The molecule has 0 radical (unpaired) electrons. The van der Waals surface area contributed by atoms with Gasteiger partial charge >= 0.3 is 5.25 Å². The minimum Gasteiger partial charge on any atom is -0.389 e. The van der Waals surface area contributed by atoms with E-state index in [1.165, 1.54) is 0 Å². The number of hydrogen-bond acceptors (Lipinski definition) is 2. The monoisotopic (exact) mass is 204 g/mol. The molecule has 0 spiro atoms. The van der Waals surface area contributed by atoms with E-state index in [1.807, 2.05) is 6.92 Å². The number of aryl methyl sites for hydroxylation is 1. The maximum atomic E-state index is 12.7. The van der Waals surface area contributed by atoms with Gasteiger partial charge < -0.3 is 5.11 Å². The second-order valence-electron chi connectivity index (χ2n) is 2.71. The van der Waals surface area contributed by atoms with Crippen LogP contribution in [-0.4, -0.2) is 17.0 Å². The van der Waals surface area contributed by atoms with Gasteiger partial charge in [0, 0.05) is 4.90 Å². The molecule has 1 aromatic rings. The summed E-state index contributed by atoms with van der Waals surface area (Å²) in [4.78, 5) is 0.463. The molecule has 0 amide bonds. The molecule has 0 aromatic heterocycles. The lowest BCUT2D eigenvalue weighted by atomic mass is 10.2. The topological polar surface area (TPSA) is 20.2 Å². The maximum absolute atomic E-state index is 12.7. The number of thioether (sulfide) groups is 1. The van der Waals surface area contributed by atoms with Crippen molar-refractivity contribution in [3.63, 3.8) is 0 Å². The quantitative estimate of drug-likeness (QED) is 0.764. The fraction of sp³-hybridized carbons (Fsp3) is 0.333. The van der Waals surface area contributed by atoms with Crippen LogP contribution in [0.3, 0.4) is 0 Å². The van der Waals surface area contributed by atoms with Crippen molar-refractivity contribution < 1.29 is 13.9 Å². The van der Waals surface area contributed by atoms with Crippen LogP contribution in [0.1, 0.15) is 5.56 Å². The smallest absolute Gasteiger partial charge is 0.320 e. The van der Waals surface area contributed by atoms with E-state index >= 15 is 0 Å². The first kappa shape index (κ1) is 10.5. The molecule has 13 heavy (non-hydrogen) atoms. The highest BCUT2D eigenvalue weighted by Crippen LogP contribution is 2.35. The predicted octanol–water partition coefficient (Wildman–Crippen LogP) is 2.67. The highest BCUT2D eigenvalue weighted by atomic mass is 32.2. The first-order valence-corrected chi connectivity index (χ1v) is 4.59. The van der Waals surface area contributed by atoms with Crippen molar-refractivity contribution in [2.75, 3.05) is 6.61 Å². The molecule has 1 nitrogen and oxygen atoms in total. The summed E-state index contributed by atoms with van der Waals surface area (Å²) in [5.74, 6) is 0. The number of rotatable bonds is 3. The average molecular weight is 204 g/mol. The number of hydrogen-bond donors (Lipinski definition) is 1. The third kappa shape index (κ3) is 3.32. The van der Waals surface area contributed by atoms with Gasteiger partial charge in [-0.1, -0.05) is 17.7 Å². The molecule has 72 valence electrons. The van der Waals surface area contributed by atoms with Crippen LogP contribution in [0.25, 0.3) is 0 Å². The molecule has 0 heterocycles. The van der Waals surface area contributed by atoms with Gasteiger partial charge in [-0.05, 0) is 30.8 Å². The van der Waals surface area contributed by atoms with Crippen LogP contribution in [0.2, 0.25) is 0 Å². The molecule has 0 atom stereocenters. The Morgan fingerprint density at radius 3 is 2.31 bits per heavy atom. The third-order valence-electron chi connectivity index (χ3n) is 1.47. The van der Waals surface area contributed by atoms with Gasteiger partial charge in [0.2, 0.25) is 0 Å². The highest BCUT2D eigenvalue weighted by molar-refractivity contribution is 8.00. The molecule has 0 aliphatic heterocycles. The van der Waals surface area contributed by atoms with Crippen LogP contribution in [0.4, 0.5) is 8.78 Å². The minimum absolute atomic E-state index is 0.371. The number of aliphatic hydroxyl groups excluding tert-OH is 1. The first-order chi connectivity index (χ1) is 6.03. The molecule has 0 saturated heterocycles. The molecule has 0 saturated carbocycles. The third-order valence-corrected chi connectivity index (χ3v) is 2.41. The van der Waals surface area contributed by atoms with E-state index < -0.39 is 11.9 Å². The Morgan fingerprint density at radius 2 is 1.85 bits per heavy atom. The summed E-state index contributed by atoms with van der Waals surface area (Å²) >= 11 is 0.371. The zero-order valence-electron chi connectivity index (χ0n) is 7.13. The van der Waals surface area contributed by atoms with Gasteiger partial charge in [-0.2, -0.15) is 8.78 Å². The van der Waals surface area contributed by atoms with Crippen molar-refractivity contribution in [2.24, 2.45) is 0 Å². The summed E-state index contributed by atoms with van der Waals surface area (Å²) in [5, 5.41) is 5.25. The largest absolute Gasteiger partial charge is 0.389 e. The van der Waals surface area contributed by atoms with Gasteiger partial charge in [-0.3, -0.25) is 0 Å². The van der Waals surface area contributed by atoms with E-state index in [4.69, 9.17) is 5.11 Å².